The number of halogens is 3. The number of hydrogen-bond acceptors (Lipinski definition) is 8. The van der Waals surface area contributed by atoms with Gasteiger partial charge >= 0.3 is 5.97 Å². The highest BCUT2D eigenvalue weighted by atomic mass is 35.6. The smallest absolute Gasteiger partial charge is 0.325 e. The second-order valence-corrected chi connectivity index (χ2v) is 12.2. The minimum absolute atomic E-state index is 0.245. The summed E-state index contributed by atoms with van der Waals surface area (Å²) in [4.78, 5) is 30.3. The number of benzene rings is 1. The van der Waals surface area contributed by atoms with Gasteiger partial charge < -0.3 is 14.4 Å². The van der Waals surface area contributed by atoms with E-state index in [1.807, 2.05) is 36.6 Å². The first-order chi connectivity index (χ1) is 14.2. The molecule has 1 aromatic carbocycles. The molecule has 30 heavy (non-hydrogen) atoms. The van der Waals surface area contributed by atoms with Crippen molar-refractivity contribution in [3.63, 3.8) is 0 Å². The van der Waals surface area contributed by atoms with Gasteiger partial charge in [-0.05, 0) is 40.8 Å². The fourth-order valence-electron chi connectivity index (χ4n) is 2.85. The molecule has 2 heterocycles. The van der Waals surface area contributed by atoms with Gasteiger partial charge in [0.2, 0.25) is 3.79 Å². The van der Waals surface area contributed by atoms with Crippen LogP contribution in [0.3, 0.4) is 0 Å². The van der Waals surface area contributed by atoms with Crippen LogP contribution in [0, 0.1) is 0 Å². The van der Waals surface area contributed by atoms with Crippen LogP contribution < -0.4 is 0 Å². The van der Waals surface area contributed by atoms with E-state index in [-0.39, 0.29) is 25.1 Å². The summed E-state index contributed by atoms with van der Waals surface area (Å²) in [5.41, 5.74) is 1.85. The van der Waals surface area contributed by atoms with Crippen molar-refractivity contribution < 1.29 is 19.1 Å². The number of para-hydroxylation sites is 1. The van der Waals surface area contributed by atoms with Gasteiger partial charge in [-0.25, -0.2) is 4.98 Å². The molecule has 1 unspecified atom stereocenters. The summed E-state index contributed by atoms with van der Waals surface area (Å²) in [7, 11) is 4.49. The third kappa shape index (κ3) is 5.97. The minimum Gasteiger partial charge on any atom is -0.460 e. The van der Waals surface area contributed by atoms with Crippen molar-refractivity contribution in [2.75, 3.05) is 20.3 Å². The number of ether oxygens (including phenoxy) is 2. The Bertz CT molecular complexity index is 931. The summed E-state index contributed by atoms with van der Waals surface area (Å²) in [5.74, 6) is -0.941. The molecule has 1 aliphatic heterocycles. The van der Waals surface area contributed by atoms with Crippen LogP contribution in [0.1, 0.15) is 6.92 Å². The molecular weight excluding hydrogens is 511 g/mol. The largest absolute Gasteiger partial charge is 0.460 e. The quantitative estimate of drug-likeness (QED) is 0.205. The van der Waals surface area contributed by atoms with Gasteiger partial charge in [-0.15, -0.1) is 11.3 Å². The molecule has 1 aliphatic rings. The lowest BCUT2D eigenvalue weighted by molar-refractivity contribution is -0.172. The molecule has 6 nitrogen and oxygen atoms in total. The van der Waals surface area contributed by atoms with Gasteiger partial charge in [0.1, 0.15) is 13.2 Å². The number of hydrogen-bond donors (Lipinski definition) is 0. The van der Waals surface area contributed by atoms with Crippen molar-refractivity contribution in [3.8, 4) is 0 Å². The van der Waals surface area contributed by atoms with Gasteiger partial charge in [0, 0.05) is 7.11 Å². The third-order valence-corrected chi connectivity index (χ3v) is 8.02. The summed E-state index contributed by atoms with van der Waals surface area (Å²) in [6.07, 6.45) is -0.643. The number of nitrogens with zero attached hydrogens (tertiary/aromatic N) is 2. The lowest BCUT2D eigenvalue weighted by Gasteiger charge is -2.46. The van der Waals surface area contributed by atoms with Crippen molar-refractivity contribution in [1.29, 1.82) is 0 Å². The number of carbonyl (C=O) groups is 2. The molecule has 0 aliphatic carbocycles. The van der Waals surface area contributed by atoms with Crippen LogP contribution in [0.15, 0.2) is 39.6 Å². The number of likely N-dealkylation sites (tertiary alicyclic amines) is 1. The molecule has 0 N–H and O–H groups in total. The zero-order valence-electron chi connectivity index (χ0n) is 15.8. The average molecular weight is 528 g/mol. The van der Waals surface area contributed by atoms with Crippen LogP contribution in [-0.4, -0.2) is 58.0 Å². The van der Waals surface area contributed by atoms with Crippen LogP contribution in [0.2, 0.25) is 0 Å². The molecule has 1 aromatic heterocycles. The van der Waals surface area contributed by atoms with E-state index in [1.54, 1.807) is 11.3 Å². The van der Waals surface area contributed by atoms with Gasteiger partial charge in [-0.3, -0.25) is 9.59 Å². The maximum atomic E-state index is 12.3. The average Bonchev–Trinajstić information content (AvgIpc) is 3.10. The van der Waals surface area contributed by atoms with Crippen molar-refractivity contribution in [3.05, 3.63) is 35.2 Å². The SMILES string of the molecule is CO[C@H]1C(=O)N(CC(=O)OCC(Cl)(Cl)Cl)C1C(C)=CSSc1nc2ccccc2s1. The number of methoxy groups -OCH3 is 1. The van der Waals surface area contributed by atoms with Crippen molar-refractivity contribution in [2.24, 2.45) is 0 Å². The van der Waals surface area contributed by atoms with Crippen LogP contribution in [0.25, 0.3) is 10.2 Å². The van der Waals surface area contributed by atoms with E-state index in [2.05, 4.69) is 4.98 Å². The Morgan fingerprint density at radius 2 is 2.10 bits per heavy atom. The van der Waals surface area contributed by atoms with Gasteiger partial charge in [0.15, 0.2) is 10.4 Å². The Morgan fingerprint density at radius 1 is 1.37 bits per heavy atom. The summed E-state index contributed by atoms with van der Waals surface area (Å²) >= 11 is 18.4. The number of thiazole rings is 1. The highest BCUT2D eigenvalue weighted by Crippen LogP contribution is 2.39. The Balaban J connectivity index is 1.60. The number of fused-ring (bicyclic) bond motifs is 1. The molecule has 3 rings (SSSR count). The first kappa shape index (κ1) is 24.0. The molecule has 0 radical (unpaired) electrons. The Morgan fingerprint density at radius 3 is 2.77 bits per heavy atom. The van der Waals surface area contributed by atoms with E-state index in [0.29, 0.717) is 0 Å². The number of β-lactam (4-membered cyclic amide) rings is 1. The second-order valence-electron chi connectivity index (χ2n) is 6.33. The molecule has 0 spiro atoms. The van der Waals surface area contributed by atoms with Crippen LogP contribution in [-0.2, 0) is 19.1 Å². The minimum atomic E-state index is -1.70. The van der Waals surface area contributed by atoms with E-state index < -0.39 is 15.9 Å². The number of amides is 1. The normalized spacial score (nSPS) is 19.8. The van der Waals surface area contributed by atoms with Gasteiger partial charge in [-0.2, -0.15) is 0 Å². The molecule has 1 fully saturated rings. The van der Waals surface area contributed by atoms with Crippen molar-refractivity contribution >= 4 is 89.8 Å². The summed E-state index contributed by atoms with van der Waals surface area (Å²) in [6, 6.07) is 7.58. The molecule has 162 valence electrons. The lowest BCUT2D eigenvalue weighted by Crippen LogP contribution is -2.66. The van der Waals surface area contributed by atoms with Crippen molar-refractivity contribution in [2.45, 2.75) is 27.2 Å². The predicted molar refractivity (Wildman–Crippen MR) is 124 cm³/mol. The summed E-state index contributed by atoms with van der Waals surface area (Å²) in [6.45, 7) is 1.25. The topological polar surface area (TPSA) is 68.7 Å². The fourth-order valence-corrected chi connectivity index (χ4v) is 6.29. The second kappa shape index (κ2) is 10.3. The first-order valence-electron chi connectivity index (χ1n) is 8.61. The molecule has 0 saturated carbocycles. The third-order valence-electron chi connectivity index (χ3n) is 4.19. The van der Waals surface area contributed by atoms with Gasteiger partial charge in [0.05, 0.1) is 16.3 Å². The van der Waals surface area contributed by atoms with Crippen LogP contribution in [0.4, 0.5) is 0 Å². The zero-order chi connectivity index (χ0) is 21.9. The summed E-state index contributed by atoms with van der Waals surface area (Å²) < 4.78 is 10.6. The van der Waals surface area contributed by atoms with E-state index in [9.17, 15) is 9.59 Å². The number of rotatable bonds is 8. The highest BCUT2D eigenvalue weighted by molar-refractivity contribution is 8.78. The van der Waals surface area contributed by atoms with Crippen LogP contribution in [0.5, 0.6) is 0 Å². The highest BCUT2D eigenvalue weighted by Gasteiger charge is 2.49. The number of esters is 1. The van der Waals surface area contributed by atoms with E-state index >= 15 is 0 Å². The van der Waals surface area contributed by atoms with Gasteiger partial charge in [-0.1, -0.05) is 57.7 Å². The predicted octanol–water partition coefficient (Wildman–Crippen LogP) is 5.08. The standard InChI is InChI=1S/C18H17Cl3N2O4S3/c1-10(8-28-30-17-22-11-5-3-4-6-12(11)29-17)14-15(26-2)16(25)23(14)7-13(24)27-9-18(19,20)21/h3-6,8,14-15H,7,9H2,1-2H3/t14?,15-/m1/s1. The Labute approximate surface area is 200 Å². The molecule has 1 amide bonds. The van der Waals surface area contributed by atoms with Gasteiger partial charge in [0.25, 0.3) is 5.91 Å². The molecule has 2 atom stereocenters. The van der Waals surface area contributed by atoms with Crippen molar-refractivity contribution in [1.82, 2.24) is 9.88 Å². The fraction of sp³-hybridized carbons (Fsp3) is 0.389. The number of alkyl halides is 3. The monoisotopic (exact) mass is 526 g/mol. The van der Waals surface area contributed by atoms with E-state index in [1.165, 1.54) is 33.6 Å². The molecular formula is C18H17Cl3N2O4S3. The molecule has 1 saturated heterocycles. The van der Waals surface area contributed by atoms with E-state index in [0.717, 1.165) is 20.1 Å². The Hall–Kier alpha value is -0.680. The number of carbonyl (C=O) groups excluding carboxylic acids is 2. The number of aromatic nitrogens is 1. The van der Waals surface area contributed by atoms with Crippen LogP contribution >= 0.6 is 67.7 Å². The maximum absolute atomic E-state index is 12.3. The molecule has 2 aromatic rings. The molecule has 12 heteroatoms. The lowest BCUT2D eigenvalue weighted by atomic mass is 9.92. The first-order valence-corrected chi connectivity index (χ1v) is 12.8. The summed E-state index contributed by atoms with van der Waals surface area (Å²) in [5, 5.41) is 1.93. The maximum Gasteiger partial charge on any atom is 0.325 e. The zero-order valence-corrected chi connectivity index (χ0v) is 20.6. The van der Waals surface area contributed by atoms with E-state index in [4.69, 9.17) is 44.3 Å². The Kier molecular flexibility index (Phi) is 8.22. The molecule has 0 bridgehead atoms.